The minimum Gasteiger partial charge on any atom is -0.332 e. The number of aryl methyl sites for hydroxylation is 1. The Hall–Kier alpha value is -1.26. The van der Waals surface area contributed by atoms with Crippen LogP contribution in [0.5, 0.6) is 0 Å². The number of carbonyl (C=O) groups is 1. The number of benzene rings is 1. The minimum atomic E-state index is -0.0457. The Morgan fingerprint density at radius 2 is 2.35 bits per heavy atom. The van der Waals surface area contributed by atoms with Gasteiger partial charge in [-0.3, -0.25) is 4.90 Å². The van der Waals surface area contributed by atoms with Crippen LogP contribution in [0.4, 0.5) is 10.5 Å². The van der Waals surface area contributed by atoms with Crippen molar-refractivity contribution in [3.8, 4) is 0 Å². The molecule has 2 N–H and O–H groups in total. The van der Waals surface area contributed by atoms with Crippen molar-refractivity contribution in [2.45, 2.75) is 13.0 Å². The standard InChI is InChI=1S/C12H16ClN3O/c1-8-5-9(13)3-4-11(8)16-7-10(6-14-2)15-12(16)17/h3-5,10,14H,6-7H2,1-2H3,(H,15,17). The van der Waals surface area contributed by atoms with Crippen LogP contribution in [0, 0.1) is 6.92 Å². The van der Waals surface area contributed by atoms with E-state index in [1.54, 1.807) is 4.90 Å². The topological polar surface area (TPSA) is 44.4 Å². The molecule has 2 amide bonds. The second-order valence-corrected chi connectivity index (χ2v) is 4.68. The lowest BCUT2D eigenvalue weighted by Crippen LogP contribution is -2.35. The lowest BCUT2D eigenvalue weighted by Gasteiger charge is -2.17. The second kappa shape index (κ2) is 4.94. The third-order valence-electron chi connectivity index (χ3n) is 2.88. The van der Waals surface area contributed by atoms with Crippen LogP contribution in [0.1, 0.15) is 5.56 Å². The minimum absolute atomic E-state index is 0.0457. The molecule has 4 nitrogen and oxygen atoms in total. The van der Waals surface area contributed by atoms with Crippen molar-refractivity contribution < 1.29 is 4.79 Å². The number of carbonyl (C=O) groups excluding carboxylic acids is 1. The molecule has 0 spiro atoms. The molecule has 0 radical (unpaired) electrons. The summed E-state index contributed by atoms with van der Waals surface area (Å²) < 4.78 is 0. The number of nitrogens with zero attached hydrogens (tertiary/aromatic N) is 1. The van der Waals surface area contributed by atoms with Gasteiger partial charge in [0.05, 0.1) is 6.04 Å². The second-order valence-electron chi connectivity index (χ2n) is 4.25. The molecule has 1 unspecified atom stereocenters. The number of amides is 2. The Morgan fingerprint density at radius 1 is 1.59 bits per heavy atom. The molecule has 1 fully saturated rings. The summed E-state index contributed by atoms with van der Waals surface area (Å²) in [6.07, 6.45) is 0. The van der Waals surface area contributed by atoms with Gasteiger partial charge in [-0.2, -0.15) is 0 Å². The van der Waals surface area contributed by atoms with Gasteiger partial charge in [-0.05, 0) is 37.7 Å². The summed E-state index contributed by atoms with van der Waals surface area (Å²) in [6, 6.07) is 5.68. The van der Waals surface area contributed by atoms with Gasteiger partial charge in [-0.1, -0.05) is 11.6 Å². The molecule has 1 atom stereocenters. The Labute approximate surface area is 106 Å². The van der Waals surface area contributed by atoms with Gasteiger partial charge in [0, 0.05) is 23.8 Å². The largest absolute Gasteiger partial charge is 0.332 e. The zero-order valence-electron chi connectivity index (χ0n) is 9.96. The van der Waals surface area contributed by atoms with Crippen LogP contribution in [0.2, 0.25) is 5.02 Å². The van der Waals surface area contributed by atoms with Gasteiger partial charge in [0.25, 0.3) is 0 Å². The van der Waals surface area contributed by atoms with Gasteiger partial charge < -0.3 is 10.6 Å². The molecule has 5 heteroatoms. The fourth-order valence-corrected chi connectivity index (χ4v) is 2.32. The molecule has 2 rings (SSSR count). The van der Waals surface area contributed by atoms with Gasteiger partial charge in [0.15, 0.2) is 0 Å². The average molecular weight is 254 g/mol. The maximum Gasteiger partial charge on any atom is 0.322 e. The quantitative estimate of drug-likeness (QED) is 0.862. The molecule has 92 valence electrons. The molecule has 0 aromatic heterocycles. The van der Waals surface area contributed by atoms with Crippen molar-refractivity contribution in [2.24, 2.45) is 0 Å². The Bertz CT molecular complexity index is 436. The molecule has 1 saturated heterocycles. The highest BCUT2D eigenvalue weighted by molar-refractivity contribution is 6.30. The lowest BCUT2D eigenvalue weighted by molar-refractivity contribution is 0.250. The first-order valence-corrected chi connectivity index (χ1v) is 5.98. The summed E-state index contributed by atoms with van der Waals surface area (Å²) in [5, 5.41) is 6.69. The SMILES string of the molecule is CNCC1CN(c2ccc(Cl)cc2C)C(=O)N1. The summed E-state index contributed by atoms with van der Waals surface area (Å²) in [7, 11) is 1.88. The number of hydrogen-bond acceptors (Lipinski definition) is 2. The van der Waals surface area contributed by atoms with Gasteiger partial charge in [0.1, 0.15) is 0 Å². The first-order chi connectivity index (χ1) is 8.11. The molecule has 17 heavy (non-hydrogen) atoms. The molecule has 0 aliphatic carbocycles. The maximum atomic E-state index is 11.9. The van der Waals surface area contributed by atoms with Crippen molar-refractivity contribution in [3.05, 3.63) is 28.8 Å². The highest BCUT2D eigenvalue weighted by atomic mass is 35.5. The van der Waals surface area contributed by atoms with E-state index in [1.165, 1.54) is 0 Å². The smallest absolute Gasteiger partial charge is 0.322 e. The monoisotopic (exact) mass is 253 g/mol. The fraction of sp³-hybridized carbons (Fsp3) is 0.417. The summed E-state index contributed by atoms with van der Waals surface area (Å²) >= 11 is 5.91. The van der Waals surface area contributed by atoms with E-state index < -0.39 is 0 Å². The summed E-state index contributed by atoms with van der Waals surface area (Å²) in [6.45, 7) is 3.41. The van der Waals surface area contributed by atoms with Crippen LogP contribution < -0.4 is 15.5 Å². The summed E-state index contributed by atoms with van der Waals surface area (Å²) in [5.74, 6) is 0. The van der Waals surface area contributed by atoms with Gasteiger partial charge >= 0.3 is 6.03 Å². The molecule has 1 heterocycles. The summed E-state index contributed by atoms with van der Waals surface area (Å²) in [5.41, 5.74) is 1.93. The predicted octanol–water partition coefficient (Wildman–Crippen LogP) is 1.77. The first-order valence-electron chi connectivity index (χ1n) is 5.60. The number of anilines is 1. The van der Waals surface area contributed by atoms with E-state index in [1.807, 2.05) is 32.2 Å². The van der Waals surface area contributed by atoms with Crippen LogP contribution >= 0.6 is 11.6 Å². The molecule has 1 aliphatic rings. The van der Waals surface area contributed by atoms with Crippen LogP contribution in [-0.4, -0.2) is 32.2 Å². The van der Waals surface area contributed by atoms with Crippen LogP contribution in [-0.2, 0) is 0 Å². The molecule has 0 bridgehead atoms. The Kier molecular flexibility index (Phi) is 3.54. The number of halogens is 1. The molecular formula is C12H16ClN3O. The van der Waals surface area contributed by atoms with Crippen molar-refractivity contribution in [1.29, 1.82) is 0 Å². The number of nitrogens with one attached hydrogen (secondary N) is 2. The molecule has 1 aromatic carbocycles. The van der Waals surface area contributed by atoms with Crippen LogP contribution in [0.3, 0.4) is 0 Å². The molecule has 0 saturated carbocycles. The Morgan fingerprint density at radius 3 is 3.00 bits per heavy atom. The van der Waals surface area contributed by atoms with Gasteiger partial charge in [-0.15, -0.1) is 0 Å². The zero-order valence-corrected chi connectivity index (χ0v) is 10.7. The van der Waals surface area contributed by atoms with E-state index >= 15 is 0 Å². The Balaban J connectivity index is 2.20. The third-order valence-corrected chi connectivity index (χ3v) is 3.11. The number of hydrogen-bond donors (Lipinski definition) is 2. The van der Waals surface area contributed by atoms with E-state index in [0.717, 1.165) is 17.8 Å². The zero-order chi connectivity index (χ0) is 12.4. The van der Waals surface area contributed by atoms with Gasteiger partial charge in [-0.25, -0.2) is 4.79 Å². The number of rotatable bonds is 3. The van der Waals surface area contributed by atoms with Crippen LogP contribution in [0.25, 0.3) is 0 Å². The van der Waals surface area contributed by atoms with Crippen molar-refractivity contribution in [1.82, 2.24) is 10.6 Å². The van der Waals surface area contributed by atoms with Crippen molar-refractivity contribution in [3.63, 3.8) is 0 Å². The summed E-state index contributed by atoms with van der Waals surface area (Å²) in [4.78, 5) is 13.6. The molecular weight excluding hydrogens is 238 g/mol. The maximum absolute atomic E-state index is 11.9. The highest BCUT2D eigenvalue weighted by Gasteiger charge is 2.29. The average Bonchev–Trinajstić information content (AvgIpc) is 2.60. The number of urea groups is 1. The van der Waals surface area contributed by atoms with E-state index in [9.17, 15) is 4.79 Å². The van der Waals surface area contributed by atoms with Crippen molar-refractivity contribution in [2.75, 3.05) is 25.0 Å². The fourth-order valence-electron chi connectivity index (χ4n) is 2.09. The predicted molar refractivity (Wildman–Crippen MR) is 69.8 cm³/mol. The van der Waals surface area contributed by atoms with Gasteiger partial charge in [0.2, 0.25) is 0 Å². The molecule has 1 aliphatic heterocycles. The lowest BCUT2D eigenvalue weighted by atomic mass is 10.2. The van der Waals surface area contributed by atoms with Crippen molar-refractivity contribution >= 4 is 23.3 Å². The van der Waals surface area contributed by atoms with E-state index in [0.29, 0.717) is 11.6 Å². The normalized spacial score (nSPS) is 19.6. The first kappa shape index (κ1) is 12.2. The van der Waals surface area contributed by atoms with E-state index in [2.05, 4.69) is 10.6 Å². The van der Waals surface area contributed by atoms with Crippen LogP contribution in [0.15, 0.2) is 18.2 Å². The van der Waals surface area contributed by atoms with E-state index in [-0.39, 0.29) is 12.1 Å². The number of likely N-dealkylation sites (N-methyl/N-ethyl adjacent to an activating group) is 1. The molecule has 1 aromatic rings. The third kappa shape index (κ3) is 2.53. The highest BCUT2D eigenvalue weighted by Crippen LogP contribution is 2.25. The van der Waals surface area contributed by atoms with E-state index in [4.69, 9.17) is 11.6 Å².